The minimum absolute atomic E-state index is 0.162. The molecular formula is C20H16N4O3. The van der Waals surface area contributed by atoms with Crippen LogP contribution in [0.4, 0.5) is 0 Å². The standard InChI is InChI=1S/C20H16N4O3/c25-18-19(24-21-12-17(23-24)15-9-5-2-6-10-15)11-16(14-7-3-1-4-8-14)22-20(19,26)13-27-18/h1-10,12,26H,11,13H2/t19-,20+/m0/s1. The zero-order valence-electron chi connectivity index (χ0n) is 14.3. The number of cyclic esters (lactones) is 1. The molecule has 27 heavy (non-hydrogen) atoms. The zero-order chi connectivity index (χ0) is 18.5. The average Bonchev–Trinajstić information content (AvgIpc) is 3.37. The lowest BCUT2D eigenvalue weighted by Crippen LogP contribution is -2.54. The molecule has 1 saturated heterocycles. The van der Waals surface area contributed by atoms with E-state index in [1.54, 1.807) is 6.20 Å². The molecule has 3 aromatic rings. The van der Waals surface area contributed by atoms with Crippen LogP contribution in [0.3, 0.4) is 0 Å². The fourth-order valence-corrected chi connectivity index (χ4v) is 3.71. The Morgan fingerprint density at radius 2 is 1.67 bits per heavy atom. The Kier molecular flexibility index (Phi) is 3.29. The molecule has 2 atom stereocenters. The van der Waals surface area contributed by atoms with E-state index in [1.807, 2.05) is 60.7 Å². The Balaban J connectivity index is 1.60. The molecule has 0 unspecified atom stereocenters. The first kappa shape index (κ1) is 15.9. The molecule has 3 heterocycles. The number of rotatable bonds is 3. The van der Waals surface area contributed by atoms with Crippen LogP contribution in [0.25, 0.3) is 11.3 Å². The summed E-state index contributed by atoms with van der Waals surface area (Å²) >= 11 is 0. The smallest absolute Gasteiger partial charge is 0.341 e. The van der Waals surface area contributed by atoms with Gasteiger partial charge in [-0.1, -0.05) is 60.7 Å². The second kappa shape index (κ2) is 5.59. The second-order valence-corrected chi connectivity index (χ2v) is 6.74. The average molecular weight is 360 g/mol. The van der Waals surface area contributed by atoms with Crippen LogP contribution in [0, 0.1) is 0 Å². The number of hydrogen-bond donors (Lipinski definition) is 1. The first-order valence-electron chi connectivity index (χ1n) is 8.64. The maximum atomic E-state index is 12.7. The van der Waals surface area contributed by atoms with Gasteiger partial charge in [0.05, 0.1) is 6.20 Å². The second-order valence-electron chi connectivity index (χ2n) is 6.74. The van der Waals surface area contributed by atoms with Crippen molar-refractivity contribution in [2.45, 2.75) is 17.7 Å². The van der Waals surface area contributed by atoms with Crippen molar-refractivity contribution in [1.82, 2.24) is 15.0 Å². The van der Waals surface area contributed by atoms with Crippen molar-refractivity contribution in [1.29, 1.82) is 0 Å². The van der Waals surface area contributed by atoms with E-state index in [1.165, 1.54) is 4.80 Å². The number of aromatic nitrogens is 3. The summed E-state index contributed by atoms with van der Waals surface area (Å²) in [6.07, 6.45) is 1.74. The summed E-state index contributed by atoms with van der Waals surface area (Å²) in [6, 6.07) is 19.0. The van der Waals surface area contributed by atoms with Crippen LogP contribution in [0.5, 0.6) is 0 Å². The van der Waals surface area contributed by atoms with Gasteiger partial charge in [0.15, 0.2) is 0 Å². The highest BCUT2D eigenvalue weighted by molar-refractivity contribution is 6.07. The largest absolute Gasteiger partial charge is 0.458 e. The molecule has 2 aromatic carbocycles. The van der Waals surface area contributed by atoms with Crippen LogP contribution in [0.15, 0.2) is 71.9 Å². The molecular weight excluding hydrogens is 344 g/mol. The third-order valence-electron chi connectivity index (χ3n) is 5.16. The third-order valence-corrected chi connectivity index (χ3v) is 5.16. The lowest BCUT2D eigenvalue weighted by Gasteiger charge is -2.27. The van der Waals surface area contributed by atoms with Crippen molar-refractivity contribution >= 4 is 11.7 Å². The molecule has 0 saturated carbocycles. The summed E-state index contributed by atoms with van der Waals surface area (Å²) < 4.78 is 5.18. The van der Waals surface area contributed by atoms with Crippen molar-refractivity contribution in [3.05, 3.63) is 72.4 Å². The zero-order valence-corrected chi connectivity index (χ0v) is 14.3. The topological polar surface area (TPSA) is 89.6 Å². The van der Waals surface area contributed by atoms with E-state index in [4.69, 9.17) is 4.74 Å². The fourth-order valence-electron chi connectivity index (χ4n) is 3.71. The van der Waals surface area contributed by atoms with E-state index < -0.39 is 17.2 Å². The number of hydrogen-bond acceptors (Lipinski definition) is 6. The van der Waals surface area contributed by atoms with Crippen molar-refractivity contribution in [3.8, 4) is 11.3 Å². The number of fused-ring (bicyclic) bond motifs is 1. The summed E-state index contributed by atoms with van der Waals surface area (Å²) in [5.74, 6) is -0.574. The number of esters is 1. The van der Waals surface area contributed by atoms with E-state index in [0.29, 0.717) is 11.4 Å². The third kappa shape index (κ3) is 2.18. The maximum absolute atomic E-state index is 12.7. The van der Waals surface area contributed by atoms with Crippen LogP contribution < -0.4 is 0 Å². The summed E-state index contributed by atoms with van der Waals surface area (Å²) in [5.41, 5.74) is -0.262. The Morgan fingerprint density at radius 3 is 2.37 bits per heavy atom. The Labute approximate surface area is 154 Å². The van der Waals surface area contributed by atoms with Crippen molar-refractivity contribution < 1.29 is 14.6 Å². The lowest BCUT2D eigenvalue weighted by atomic mass is 9.87. The molecule has 1 fully saturated rings. The van der Waals surface area contributed by atoms with Gasteiger partial charge in [-0.15, -0.1) is 0 Å². The predicted molar refractivity (Wildman–Crippen MR) is 96.9 cm³/mol. The summed E-state index contributed by atoms with van der Waals surface area (Å²) in [7, 11) is 0. The molecule has 5 rings (SSSR count). The molecule has 1 N–H and O–H groups in total. The normalized spacial score (nSPS) is 26.6. The fraction of sp³-hybridized carbons (Fsp3) is 0.200. The van der Waals surface area contributed by atoms with Gasteiger partial charge in [-0.05, 0) is 5.56 Å². The minimum Gasteiger partial charge on any atom is -0.458 e. The van der Waals surface area contributed by atoms with E-state index in [2.05, 4.69) is 15.2 Å². The highest BCUT2D eigenvalue weighted by atomic mass is 16.6. The van der Waals surface area contributed by atoms with Crippen LogP contribution in [0.1, 0.15) is 12.0 Å². The molecule has 1 aromatic heterocycles. The van der Waals surface area contributed by atoms with Gasteiger partial charge in [-0.3, -0.25) is 0 Å². The molecule has 0 aliphatic carbocycles. The van der Waals surface area contributed by atoms with Crippen LogP contribution in [-0.2, 0) is 15.1 Å². The highest BCUT2D eigenvalue weighted by Crippen LogP contribution is 2.46. The number of ether oxygens (including phenoxy) is 1. The molecule has 2 aliphatic rings. The van der Waals surface area contributed by atoms with Gasteiger partial charge in [0.25, 0.3) is 0 Å². The molecule has 0 amide bonds. The van der Waals surface area contributed by atoms with Crippen molar-refractivity contribution in [3.63, 3.8) is 0 Å². The Morgan fingerprint density at radius 1 is 1.00 bits per heavy atom. The number of nitrogens with zero attached hydrogens (tertiary/aromatic N) is 4. The first-order valence-corrected chi connectivity index (χ1v) is 8.64. The van der Waals surface area contributed by atoms with E-state index in [-0.39, 0.29) is 13.0 Å². The SMILES string of the molecule is O=C1OC[C@]2(O)N=C(c3ccccc3)C[C@]12n1ncc(-c2ccccc2)n1. The summed E-state index contributed by atoms with van der Waals surface area (Å²) in [4.78, 5) is 18.5. The van der Waals surface area contributed by atoms with Gasteiger partial charge in [-0.2, -0.15) is 15.0 Å². The van der Waals surface area contributed by atoms with Gasteiger partial charge in [0.1, 0.15) is 12.3 Å². The van der Waals surface area contributed by atoms with Crippen LogP contribution >= 0.6 is 0 Å². The number of benzene rings is 2. The van der Waals surface area contributed by atoms with Gasteiger partial charge < -0.3 is 9.84 Å². The number of aliphatic imine (C=N–C) groups is 1. The van der Waals surface area contributed by atoms with Gasteiger partial charge in [0.2, 0.25) is 11.3 Å². The van der Waals surface area contributed by atoms with E-state index >= 15 is 0 Å². The van der Waals surface area contributed by atoms with E-state index in [9.17, 15) is 9.90 Å². The molecule has 0 radical (unpaired) electrons. The number of aliphatic hydroxyl groups is 1. The molecule has 2 aliphatic heterocycles. The predicted octanol–water partition coefficient (Wildman–Crippen LogP) is 1.78. The van der Waals surface area contributed by atoms with Crippen molar-refractivity contribution in [2.75, 3.05) is 6.61 Å². The lowest BCUT2D eigenvalue weighted by molar-refractivity contribution is -0.147. The van der Waals surface area contributed by atoms with Gasteiger partial charge >= 0.3 is 5.97 Å². The summed E-state index contributed by atoms with van der Waals surface area (Å²) in [6.45, 7) is -0.218. The van der Waals surface area contributed by atoms with Crippen LogP contribution in [0.2, 0.25) is 0 Å². The van der Waals surface area contributed by atoms with Gasteiger partial charge in [0, 0.05) is 17.7 Å². The Bertz CT molecular complexity index is 1050. The number of carbonyl (C=O) groups excluding carboxylic acids is 1. The number of carbonyl (C=O) groups is 1. The first-order chi connectivity index (χ1) is 13.1. The Hall–Kier alpha value is -3.32. The minimum atomic E-state index is -1.73. The molecule has 0 bridgehead atoms. The molecule has 0 spiro atoms. The van der Waals surface area contributed by atoms with Gasteiger partial charge in [-0.25, -0.2) is 9.79 Å². The quantitative estimate of drug-likeness (QED) is 0.719. The monoisotopic (exact) mass is 360 g/mol. The maximum Gasteiger partial charge on any atom is 0.341 e. The molecule has 7 nitrogen and oxygen atoms in total. The molecule has 134 valence electrons. The van der Waals surface area contributed by atoms with E-state index in [0.717, 1.165) is 11.1 Å². The molecule has 7 heteroatoms. The highest BCUT2D eigenvalue weighted by Gasteiger charge is 2.69. The summed E-state index contributed by atoms with van der Waals surface area (Å²) in [5, 5.41) is 20.0. The van der Waals surface area contributed by atoms with Crippen LogP contribution in [-0.4, -0.2) is 44.1 Å². The van der Waals surface area contributed by atoms with Crippen molar-refractivity contribution in [2.24, 2.45) is 4.99 Å².